The molecule has 0 bridgehead atoms. The zero-order valence-electron chi connectivity index (χ0n) is 8.36. The van der Waals surface area contributed by atoms with E-state index in [4.69, 9.17) is 11.6 Å². The molecule has 17 heavy (non-hydrogen) atoms. The summed E-state index contributed by atoms with van der Waals surface area (Å²) in [5.41, 5.74) is 0. The molecule has 0 aromatic heterocycles. The lowest BCUT2D eigenvalue weighted by Crippen LogP contribution is -2.41. The van der Waals surface area contributed by atoms with Crippen molar-refractivity contribution in [2.75, 3.05) is 6.26 Å². The summed E-state index contributed by atoms with van der Waals surface area (Å²) in [6.45, 7) is 0. The highest BCUT2D eigenvalue weighted by atomic mass is 35.5. The lowest BCUT2D eigenvalue weighted by atomic mass is 10.1. The highest BCUT2D eigenvalue weighted by Gasteiger charge is 2.36. The molecule has 0 aromatic carbocycles. The molecule has 0 aromatic rings. The minimum Gasteiger partial charge on any atom is -0.228 e. The van der Waals surface area contributed by atoms with Gasteiger partial charge in [0.05, 0.1) is 9.73 Å². The monoisotopic (exact) mass is 318 g/mol. The van der Waals surface area contributed by atoms with E-state index in [0.29, 0.717) is 0 Å². The average Bonchev–Trinajstić information content (AvgIpc) is 2.14. The Kier molecular flexibility index (Phi) is 4.18. The second-order valence-electron chi connectivity index (χ2n) is 3.25. The molecule has 1 aliphatic carbocycles. The maximum absolute atomic E-state index is 11.4. The van der Waals surface area contributed by atoms with E-state index < -0.39 is 45.9 Å². The zero-order chi connectivity index (χ0) is 13.4. The van der Waals surface area contributed by atoms with Crippen molar-refractivity contribution in [3.63, 3.8) is 0 Å². The third kappa shape index (κ3) is 2.97. The molecular formula is C7H7ClO6S3. The molecule has 2 atom stereocenters. The van der Waals surface area contributed by atoms with Crippen LogP contribution in [0.15, 0.2) is 12.2 Å². The van der Waals surface area contributed by atoms with Gasteiger partial charge in [0.25, 0.3) is 0 Å². The zero-order valence-corrected chi connectivity index (χ0v) is 11.6. The van der Waals surface area contributed by atoms with Gasteiger partial charge in [-0.3, -0.25) is 0 Å². The van der Waals surface area contributed by atoms with Crippen molar-refractivity contribution in [3.05, 3.63) is 12.2 Å². The molecule has 1 rings (SSSR count). The van der Waals surface area contributed by atoms with Crippen LogP contribution in [0.25, 0.3) is 0 Å². The highest BCUT2D eigenvalue weighted by molar-refractivity contribution is 7.93. The Morgan fingerprint density at radius 3 is 2.06 bits per heavy atom. The number of sulfone groups is 1. The quantitative estimate of drug-likeness (QED) is 0.439. The van der Waals surface area contributed by atoms with Gasteiger partial charge in [-0.15, -0.1) is 11.6 Å². The molecule has 10 heteroatoms. The Morgan fingerprint density at radius 2 is 1.71 bits per heavy atom. The van der Waals surface area contributed by atoms with Gasteiger partial charge in [0.1, 0.15) is 10.6 Å². The smallest absolute Gasteiger partial charge is 0.219 e. The van der Waals surface area contributed by atoms with Gasteiger partial charge in [0, 0.05) is 6.26 Å². The predicted molar refractivity (Wildman–Crippen MR) is 65.3 cm³/mol. The van der Waals surface area contributed by atoms with Crippen LogP contribution >= 0.6 is 11.6 Å². The van der Waals surface area contributed by atoms with Crippen LogP contribution in [0.1, 0.15) is 0 Å². The highest BCUT2D eigenvalue weighted by Crippen LogP contribution is 2.17. The summed E-state index contributed by atoms with van der Waals surface area (Å²) < 4.78 is 66.1. The maximum atomic E-state index is 11.4. The van der Waals surface area contributed by atoms with Crippen molar-refractivity contribution in [1.82, 2.24) is 0 Å². The van der Waals surface area contributed by atoms with Gasteiger partial charge in [-0.2, -0.15) is 16.8 Å². The number of hydrogen-bond acceptors (Lipinski definition) is 6. The molecule has 0 aliphatic heterocycles. The van der Waals surface area contributed by atoms with Crippen molar-refractivity contribution < 1.29 is 25.3 Å². The van der Waals surface area contributed by atoms with Crippen molar-refractivity contribution in [3.8, 4) is 0 Å². The van der Waals surface area contributed by atoms with Crippen molar-refractivity contribution in [1.29, 1.82) is 0 Å². The van der Waals surface area contributed by atoms with Crippen LogP contribution in [0.4, 0.5) is 0 Å². The number of rotatable bonds is 1. The fourth-order valence-corrected chi connectivity index (χ4v) is 4.85. The first-order valence-corrected chi connectivity index (χ1v) is 8.63. The summed E-state index contributed by atoms with van der Waals surface area (Å²) in [6.07, 6.45) is 2.84. The first-order valence-electron chi connectivity index (χ1n) is 4.09. The summed E-state index contributed by atoms with van der Waals surface area (Å²) in [6, 6.07) is 0. The minimum atomic E-state index is -3.72. The van der Waals surface area contributed by atoms with E-state index in [-0.39, 0.29) is 4.86 Å². The maximum Gasteiger partial charge on any atom is 0.219 e. The number of alkyl halides is 1. The Hall–Kier alpha value is -0.640. The third-order valence-electron chi connectivity index (χ3n) is 2.06. The molecule has 6 nitrogen and oxygen atoms in total. The largest absolute Gasteiger partial charge is 0.228 e. The molecule has 0 amide bonds. The molecule has 0 N–H and O–H groups in total. The van der Waals surface area contributed by atoms with Crippen LogP contribution in [-0.4, -0.2) is 51.9 Å². The first-order chi connectivity index (χ1) is 7.66. The second-order valence-corrected chi connectivity index (χ2v) is 7.73. The third-order valence-corrected chi connectivity index (χ3v) is 5.90. The van der Waals surface area contributed by atoms with E-state index in [0.717, 1.165) is 18.4 Å². The summed E-state index contributed by atoms with van der Waals surface area (Å²) in [4.78, 5) is -0.943. The van der Waals surface area contributed by atoms with Crippen molar-refractivity contribution >= 4 is 51.8 Å². The summed E-state index contributed by atoms with van der Waals surface area (Å²) in [7, 11) is -9.31. The van der Waals surface area contributed by atoms with Gasteiger partial charge in [0.2, 0.25) is 20.6 Å². The van der Waals surface area contributed by atoms with E-state index in [9.17, 15) is 25.3 Å². The summed E-state index contributed by atoms with van der Waals surface area (Å²) in [5, 5.41) is -2.91. The Morgan fingerprint density at radius 1 is 1.18 bits per heavy atom. The fourth-order valence-electron chi connectivity index (χ4n) is 1.32. The Balaban J connectivity index is 3.70. The SMILES string of the molecule is CS(=O)(=O)C1C=CC(=S(=O)=O)C(Cl)C1=S(=O)=O. The normalized spacial score (nSPS) is 24.8. The lowest BCUT2D eigenvalue weighted by Gasteiger charge is -2.19. The summed E-state index contributed by atoms with van der Waals surface area (Å²) in [5.74, 6) is 0. The first kappa shape index (κ1) is 14.4. The lowest BCUT2D eigenvalue weighted by molar-refractivity contribution is 0.600. The molecule has 1 aliphatic rings. The number of hydrogen-bond donors (Lipinski definition) is 0. The van der Waals surface area contributed by atoms with Crippen LogP contribution in [0.3, 0.4) is 0 Å². The standard InChI is InChI=1S/C7H7ClO6S3/c1-17(13,14)5-3-2-4(15(9)10)6(8)7(5)16(11)12/h2-3,5-6H,1H3. The van der Waals surface area contributed by atoms with Crippen LogP contribution < -0.4 is 0 Å². The number of allylic oxidation sites excluding steroid dienone is 1. The van der Waals surface area contributed by atoms with Gasteiger partial charge in [-0.05, 0) is 6.08 Å². The second kappa shape index (κ2) is 4.92. The molecule has 0 saturated carbocycles. The molecule has 0 heterocycles. The van der Waals surface area contributed by atoms with Gasteiger partial charge in [0.15, 0.2) is 9.84 Å². The Labute approximate surface area is 106 Å². The molecular weight excluding hydrogens is 312 g/mol. The molecule has 0 fully saturated rings. The van der Waals surface area contributed by atoms with E-state index >= 15 is 0 Å². The van der Waals surface area contributed by atoms with E-state index in [1.54, 1.807) is 0 Å². The van der Waals surface area contributed by atoms with Gasteiger partial charge in [-0.1, -0.05) is 6.08 Å². The van der Waals surface area contributed by atoms with E-state index in [2.05, 4.69) is 0 Å². The molecule has 96 valence electrons. The van der Waals surface area contributed by atoms with Crippen molar-refractivity contribution in [2.45, 2.75) is 10.6 Å². The van der Waals surface area contributed by atoms with Crippen LogP contribution in [0.2, 0.25) is 0 Å². The molecule has 2 unspecified atom stereocenters. The Bertz CT molecular complexity index is 721. The predicted octanol–water partition coefficient (Wildman–Crippen LogP) is -1.32. The van der Waals surface area contributed by atoms with Crippen molar-refractivity contribution in [2.24, 2.45) is 0 Å². The fraction of sp³-hybridized carbons (Fsp3) is 0.429. The van der Waals surface area contributed by atoms with E-state index in [1.807, 2.05) is 0 Å². The molecule has 0 radical (unpaired) electrons. The molecule has 0 spiro atoms. The topological polar surface area (TPSA) is 102 Å². The average molecular weight is 319 g/mol. The minimum absolute atomic E-state index is 0.370. The van der Waals surface area contributed by atoms with Gasteiger partial charge < -0.3 is 0 Å². The molecule has 0 saturated heterocycles. The van der Waals surface area contributed by atoms with Crippen LogP contribution in [0, 0.1) is 0 Å². The van der Waals surface area contributed by atoms with Gasteiger partial charge in [-0.25, -0.2) is 8.42 Å². The number of halogens is 1. The van der Waals surface area contributed by atoms with Crippen LogP contribution in [0.5, 0.6) is 0 Å². The van der Waals surface area contributed by atoms with E-state index in [1.165, 1.54) is 0 Å². The summed E-state index contributed by atoms with van der Waals surface area (Å²) >= 11 is 5.66. The van der Waals surface area contributed by atoms with Crippen LogP contribution in [-0.2, 0) is 30.4 Å². The van der Waals surface area contributed by atoms with Gasteiger partial charge >= 0.3 is 0 Å².